The highest BCUT2D eigenvalue weighted by Gasteiger charge is 2.39. The summed E-state index contributed by atoms with van der Waals surface area (Å²) in [6.07, 6.45) is 8.44. The zero-order chi connectivity index (χ0) is 12.0. The number of hydrogen-bond acceptors (Lipinski definition) is 1. The topological polar surface area (TPSA) is 12.0 Å². The smallest absolute Gasteiger partial charge is 0.0100 e. The average molecular weight is 225 g/mol. The number of nitrogens with one attached hydrogen (secondary N) is 1. The molecule has 0 aromatic rings. The number of unbranched alkanes of at least 4 members (excludes halogenated alkanes) is 1. The molecule has 0 aliphatic heterocycles. The Labute approximate surface area is 102 Å². The molecule has 1 rings (SSSR count). The molecule has 1 fully saturated rings. The molecule has 0 amide bonds. The molecule has 1 aliphatic carbocycles. The number of rotatable bonds is 9. The van der Waals surface area contributed by atoms with Gasteiger partial charge >= 0.3 is 0 Å². The molecule has 0 bridgehead atoms. The van der Waals surface area contributed by atoms with Gasteiger partial charge < -0.3 is 5.32 Å². The standard InChI is InChI=1S/C15H31N/c1-5-8-9-13(6-2)11-15(16-7-3)14-10-12(14)4/h12-16H,5-11H2,1-4H3. The zero-order valence-electron chi connectivity index (χ0n) is 11.8. The molecule has 0 aromatic carbocycles. The van der Waals surface area contributed by atoms with Gasteiger partial charge in [0, 0.05) is 6.04 Å². The van der Waals surface area contributed by atoms with E-state index in [9.17, 15) is 0 Å². The maximum atomic E-state index is 3.72. The third kappa shape index (κ3) is 4.45. The molecule has 96 valence electrons. The average Bonchev–Trinajstić information content (AvgIpc) is 3.00. The molecule has 0 spiro atoms. The van der Waals surface area contributed by atoms with Crippen LogP contribution in [0.1, 0.15) is 66.2 Å². The summed E-state index contributed by atoms with van der Waals surface area (Å²) in [4.78, 5) is 0. The van der Waals surface area contributed by atoms with Crippen LogP contribution in [0.15, 0.2) is 0 Å². The first kappa shape index (κ1) is 14.0. The van der Waals surface area contributed by atoms with Gasteiger partial charge in [0.1, 0.15) is 0 Å². The van der Waals surface area contributed by atoms with Crippen LogP contribution in [-0.2, 0) is 0 Å². The van der Waals surface area contributed by atoms with E-state index in [0.29, 0.717) is 0 Å². The lowest BCUT2D eigenvalue weighted by Gasteiger charge is -2.23. The minimum atomic E-state index is 0.807. The van der Waals surface area contributed by atoms with Gasteiger partial charge in [0.2, 0.25) is 0 Å². The van der Waals surface area contributed by atoms with Gasteiger partial charge in [-0.05, 0) is 37.1 Å². The lowest BCUT2D eigenvalue weighted by Crippen LogP contribution is -2.33. The fourth-order valence-corrected chi connectivity index (χ4v) is 2.92. The van der Waals surface area contributed by atoms with Crippen molar-refractivity contribution in [2.24, 2.45) is 17.8 Å². The molecule has 0 heterocycles. The predicted molar refractivity (Wildman–Crippen MR) is 72.7 cm³/mol. The lowest BCUT2D eigenvalue weighted by atomic mass is 9.90. The summed E-state index contributed by atoms with van der Waals surface area (Å²) in [5.74, 6) is 2.92. The van der Waals surface area contributed by atoms with Crippen molar-refractivity contribution in [3.63, 3.8) is 0 Å². The first-order valence-electron chi connectivity index (χ1n) is 7.46. The van der Waals surface area contributed by atoms with E-state index in [-0.39, 0.29) is 0 Å². The fraction of sp³-hybridized carbons (Fsp3) is 1.00. The van der Waals surface area contributed by atoms with Crippen molar-refractivity contribution in [3.05, 3.63) is 0 Å². The molecule has 16 heavy (non-hydrogen) atoms. The Bertz CT molecular complexity index is 178. The van der Waals surface area contributed by atoms with Crippen LogP contribution >= 0.6 is 0 Å². The van der Waals surface area contributed by atoms with Gasteiger partial charge in [-0.15, -0.1) is 0 Å². The second-order valence-electron chi connectivity index (χ2n) is 5.69. The van der Waals surface area contributed by atoms with E-state index >= 15 is 0 Å². The quantitative estimate of drug-likeness (QED) is 0.619. The fourth-order valence-electron chi connectivity index (χ4n) is 2.92. The van der Waals surface area contributed by atoms with Crippen LogP contribution in [0.4, 0.5) is 0 Å². The van der Waals surface area contributed by atoms with Crippen molar-refractivity contribution in [2.75, 3.05) is 6.54 Å². The van der Waals surface area contributed by atoms with Crippen molar-refractivity contribution < 1.29 is 0 Å². The van der Waals surface area contributed by atoms with Gasteiger partial charge in [-0.25, -0.2) is 0 Å². The first-order chi connectivity index (χ1) is 7.72. The summed E-state index contributed by atoms with van der Waals surface area (Å²) in [6, 6.07) is 0.807. The Morgan fingerprint density at radius 1 is 1.25 bits per heavy atom. The van der Waals surface area contributed by atoms with E-state index < -0.39 is 0 Å². The lowest BCUT2D eigenvalue weighted by molar-refractivity contribution is 0.324. The van der Waals surface area contributed by atoms with Crippen LogP contribution in [0.5, 0.6) is 0 Å². The van der Waals surface area contributed by atoms with Crippen LogP contribution in [0, 0.1) is 17.8 Å². The van der Waals surface area contributed by atoms with E-state index in [1.54, 1.807) is 0 Å². The van der Waals surface area contributed by atoms with Crippen molar-refractivity contribution in [3.8, 4) is 0 Å². The summed E-state index contributed by atoms with van der Waals surface area (Å²) in [7, 11) is 0. The molecule has 1 heteroatoms. The maximum Gasteiger partial charge on any atom is 0.0100 e. The molecule has 4 unspecified atom stereocenters. The molecule has 1 nitrogen and oxygen atoms in total. The Kier molecular flexibility index (Phi) is 6.41. The monoisotopic (exact) mass is 225 g/mol. The second-order valence-corrected chi connectivity index (χ2v) is 5.69. The molecule has 1 aliphatic rings. The predicted octanol–water partition coefficient (Wildman–Crippen LogP) is 4.23. The molecular formula is C15H31N. The van der Waals surface area contributed by atoms with Crippen molar-refractivity contribution >= 4 is 0 Å². The molecular weight excluding hydrogens is 194 g/mol. The maximum absolute atomic E-state index is 3.72. The van der Waals surface area contributed by atoms with E-state index in [4.69, 9.17) is 0 Å². The molecule has 0 radical (unpaired) electrons. The Hall–Kier alpha value is -0.0400. The van der Waals surface area contributed by atoms with Gasteiger partial charge in [-0.1, -0.05) is 53.4 Å². The summed E-state index contributed by atoms with van der Waals surface area (Å²) in [5.41, 5.74) is 0. The zero-order valence-corrected chi connectivity index (χ0v) is 11.8. The van der Waals surface area contributed by atoms with Gasteiger partial charge in [0.05, 0.1) is 0 Å². The third-order valence-corrected chi connectivity index (χ3v) is 4.29. The molecule has 1 saturated carbocycles. The summed E-state index contributed by atoms with van der Waals surface area (Å²) in [5, 5.41) is 3.72. The summed E-state index contributed by atoms with van der Waals surface area (Å²) >= 11 is 0. The van der Waals surface area contributed by atoms with Gasteiger partial charge in [-0.3, -0.25) is 0 Å². The highest BCUT2D eigenvalue weighted by Crippen LogP contribution is 2.42. The largest absolute Gasteiger partial charge is 0.314 e. The van der Waals surface area contributed by atoms with Crippen molar-refractivity contribution in [2.45, 2.75) is 72.3 Å². The van der Waals surface area contributed by atoms with E-state index in [1.807, 2.05) is 0 Å². The Morgan fingerprint density at radius 3 is 2.38 bits per heavy atom. The van der Waals surface area contributed by atoms with Crippen molar-refractivity contribution in [1.29, 1.82) is 0 Å². The van der Waals surface area contributed by atoms with Crippen molar-refractivity contribution in [1.82, 2.24) is 5.32 Å². The molecule has 0 aromatic heterocycles. The second kappa shape index (κ2) is 7.32. The van der Waals surface area contributed by atoms with Crippen LogP contribution in [0.3, 0.4) is 0 Å². The van der Waals surface area contributed by atoms with E-state index in [2.05, 4.69) is 33.0 Å². The van der Waals surface area contributed by atoms with Gasteiger partial charge in [0.25, 0.3) is 0 Å². The van der Waals surface area contributed by atoms with Gasteiger partial charge in [-0.2, -0.15) is 0 Å². The van der Waals surface area contributed by atoms with Crippen LogP contribution in [0.25, 0.3) is 0 Å². The molecule has 1 N–H and O–H groups in total. The highest BCUT2D eigenvalue weighted by atomic mass is 14.9. The Morgan fingerprint density at radius 2 is 1.94 bits per heavy atom. The summed E-state index contributed by atoms with van der Waals surface area (Å²) in [6.45, 7) is 10.4. The molecule has 0 saturated heterocycles. The first-order valence-corrected chi connectivity index (χ1v) is 7.46. The highest BCUT2D eigenvalue weighted by molar-refractivity contribution is 4.93. The third-order valence-electron chi connectivity index (χ3n) is 4.29. The normalized spacial score (nSPS) is 27.8. The van der Waals surface area contributed by atoms with E-state index in [1.165, 1.54) is 38.5 Å². The van der Waals surface area contributed by atoms with Crippen LogP contribution < -0.4 is 5.32 Å². The van der Waals surface area contributed by atoms with Crippen LogP contribution in [0.2, 0.25) is 0 Å². The minimum absolute atomic E-state index is 0.807. The van der Waals surface area contributed by atoms with Gasteiger partial charge in [0.15, 0.2) is 0 Å². The Balaban J connectivity index is 2.33. The molecule has 4 atom stereocenters. The number of hydrogen-bond donors (Lipinski definition) is 1. The van der Waals surface area contributed by atoms with Crippen LogP contribution in [-0.4, -0.2) is 12.6 Å². The minimum Gasteiger partial charge on any atom is -0.314 e. The SMILES string of the molecule is CCCCC(CC)CC(NCC)C1CC1C. The van der Waals surface area contributed by atoms with E-state index in [0.717, 1.165) is 30.3 Å². The summed E-state index contributed by atoms with van der Waals surface area (Å²) < 4.78 is 0.